The summed E-state index contributed by atoms with van der Waals surface area (Å²) in [6.07, 6.45) is 8.65. The van der Waals surface area contributed by atoms with Crippen molar-refractivity contribution < 1.29 is 18.6 Å². The van der Waals surface area contributed by atoms with Gasteiger partial charge in [-0.15, -0.1) is 0 Å². The summed E-state index contributed by atoms with van der Waals surface area (Å²) in [5.41, 5.74) is 2.30. The molecular weight excluding hydrogens is 542 g/mol. The van der Waals surface area contributed by atoms with Crippen LogP contribution in [0.4, 0.5) is 5.69 Å². The number of hydrogen-bond acceptors (Lipinski definition) is 7. The molecule has 0 unspecified atom stereocenters. The number of rotatable bonds is 15. The predicted molar refractivity (Wildman–Crippen MR) is 159 cm³/mol. The molecular formula is C30H37N5O5S. The maximum atomic E-state index is 13.0. The summed E-state index contributed by atoms with van der Waals surface area (Å²) in [5.74, 6) is -0.119. The summed E-state index contributed by atoms with van der Waals surface area (Å²) < 4.78 is 31.1. The molecule has 2 aromatic carbocycles. The molecule has 11 heteroatoms. The van der Waals surface area contributed by atoms with Crippen LogP contribution in [0.1, 0.15) is 49.8 Å². The Morgan fingerprint density at radius 1 is 1.00 bits per heavy atom. The van der Waals surface area contributed by atoms with Crippen LogP contribution in [-0.4, -0.2) is 45.8 Å². The van der Waals surface area contributed by atoms with Crippen LogP contribution < -0.4 is 15.7 Å². The van der Waals surface area contributed by atoms with E-state index in [-0.39, 0.29) is 16.5 Å². The Labute approximate surface area is 240 Å². The van der Waals surface area contributed by atoms with Crippen LogP contribution in [0.2, 0.25) is 0 Å². The molecule has 0 spiro atoms. The lowest BCUT2D eigenvalue weighted by Crippen LogP contribution is -2.23. The normalized spacial score (nSPS) is 12.3. The fourth-order valence-electron chi connectivity index (χ4n) is 4.46. The molecule has 0 amide bonds. The first-order valence-electron chi connectivity index (χ1n) is 13.8. The van der Waals surface area contributed by atoms with Crippen molar-refractivity contribution in [1.82, 2.24) is 19.4 Å². The lowest BCUT2D eigenvalue weighted by Gasteiger charge is -2.12. The number of imidazole rings is 1. The molecule has 0 radical (unpaired) electrons. The number of hydrogen-bond donors (Lipinski definition) is 4. The third-order valence-corrected chi connectivity index (χ3v) is 8.22. The smallest absolute Gasteiger partial charge is 0.335 e. The topological polar surface area (TPSA) is 138 Å². The molecule has 218 valence electrons. The highest BCUT2D eigenvalue weighted by Crippen LogP contribution is 2.20. The third kappa shape index (κ3) is 8.06. The van der Waals surface area contributed by atoms with Gasteiger partial charge in [0.2, 0.25) is 5.88 Å². The summed E-state index contributed by atoms with van der Waals surface area (Å²) in [7, 11) is -3.85. The second kappa shape index (κ2) is 14.1. The first-order chi connectivity index (χ1) is 19.8. The van der Waals surface area contributed by atoms with Crippen molar-refractivity contribution >= 4 is 15.7 Å². The van der Waals surface area contributed by atoms with Crippen LogP contribution in [0.5, 0.6) is 5.88 Å². The van der Waals surface area contributed by atoms with Gasteiger partial charge in [-0.25, -0.2) is 13.2 Å². The average Bonchev–Trinajstić information content (AvgIpc) is 3.27. The number of nitrogens with one attached hydrogen (secondary N) is 2. The Hall–Kier alpha value is -3.93. The fourth-order valence-corrected chi connectivity index (χ4v) is 5.52. The number of nitrogens with zero attached hydrogens (tertiary/aromatic N) is 3. The Bertz CT molecular complexity index is 1550. The van der Waals surface area contributed by atoms with E-state index in [4.69, 9.17) is 0 Å². The maximum Gasteiger partial charge on any atom is 0.335 e. The summed E-state index contributed by atoms with van der Waals surface area (Å²) >= 11 is 0. The zero-order valence-electron chi connectivity index (χ0n) is 23.1. The highest BCUT2D eigenvalue weighted by molar-refractivity contribution is 7.92. The number of sulfonamides is 1. The van der Waals surface area contributed by atoms with Crippen LogP contribution in [0.15, 0.2) is 88.9 Å². The molecule has 2 heterocycles. The molecule has 0 aliphatic heterocycles. The van der Waals surface area contributed by atoms with Gasteiger partial charge in [0.15, 0.2) is 0 Å². The number of aliphatic hydroxyl groups is 1. The molecule has 41 heavy (non-hydrogen) atoms. The van der Waals surface area contributed by atoms with Crippen molar-refractivity contribution in [3.8, 4) is 11.6 Å². The zero-order valence-corrected chi connectivity index (χ0v) is 23.9. The van der Waals surface area contributed by atoms with Crippen LogP contribution in [0, 0.1) is 0 Å². The molecule has 1 atom stereocenters. The molecule has 2 aromatic heterocycles. The first-order valence-corrected chi connectivity index (χ1v) is 15.3. The highest BCUT2D eigenvalue weighted by atomic mass is 32.2. The van der Waals surface area contributed by atoms with Crippen molar-refractivity contribution in [3.05, 3.63) is 101 Å². The quantitative estimate of drug-likeness (QED) is 0.156. The van der Waals surface area contributed by atoms with E-state index in [1.165, 1.54) is 39.6 Å². The van der Waals surface area contributed by atoms with E-state index >= 15 is 0 Å². The standard InChI is InChI=1S/C30H37N5O5S/c1-2-3-4-5-19-34-29(37)22-35(30(34)38)26-12-14-27(15-13-26)41(39,40)33-25-10-8-23(9-11-25)16-18-32-21-28(36)24-7-6-17-31-20-24/h6-15,17,20,22,28,32-33,36-37H,2-5,16,18-19,21H2,1H3/t28-/m0/s1. The van der Waals surface area contributed by atoms with E-state index in [9.17, 15) is 23.4 Å². The van der Waals surface area contributed by atoms with Gasteiger partial charge in [-0.3, -0.25) is 18.8 Å². The summed E-state index contributed by atoms with van der Waals surface area (Å²) in [5, 5.41) is 23.7. The number of aliphatic hydroxyl groups excluding tert-OH is 1. The number of pyridine rings is 1. The number of benzene rings is 2. The minimum absolute atomic E-state index is 0.0537. The summed E-state index contributed by atoms with van der Waals surface area (Å²) in [4.78, 5) is 16.9. The summed E-state index contributed by atoms with van der Waals surface area (Å²) in [6.45, 7) is 3.59. The second-order valence-corrected chi connectivity index (χ2v) is 11.6. The molecule has 0 saturated heterocycles. The lowest BCUT2D eigenvalue weighted by atomic mass is 10.1. The number of aromatic nitrogens is 3. The number of aromatic hydroxyl groups is 1. The van der Waals surface area contributed by atoms with Gasteiger partial charge >= 0.3 is 5.69 Å². The van der Waals surface area contributed by atoms with Crippen molar-refractivity contribution in [2.24, 2.45) is 0 Å². The minimum atomic E-state index is -3.85. The average molecular weight is 580 g/mol. The van der Waals surface area contributed by atoms with Crippen molar-refractivity contribution in [1.29, 1.82) is 0 Å². The molecule has 0 aliphatic carbocycles. The minimum Gasteiger partial charge on any atom is -0.493 e. The van der Waals surface area contributed by atoms with Crippen molar-refractivity contribution in [2.75, 3.05) is 17.8 Å². The maximum absolute atomic E-state index is 13.0. The van der Waals surface area contributed by atoms with E-state index in [0.29, 0.717) is 37.4 Å². The molecule has 0 bridgehead atoms. The van der Waals surface area contributed by atoms with Gasteiger partial charge in [0.25, 0.3) is 10.0 Å². The van der Waals surface area contributed by atoms with E-state index in [2.05, 4.69) is 21.9 Å². The van der Waals surface area contributed by atoms with Gasteiger partial charge in [-0.1, -0.05) is 44.4 Å². The molecule has 0 saturated carbocycles. The number of anilines is 1. The fraction of sp³-hybridized carbons (Fsp3) is 0.333. The molecule has 10 nitrogen and oxygen atoms in total. The van der Waals surface area contributed by atoms with E-state index < -0.39 is 16.1 Å². The Morgan fingerprint density at radius 3 is 2.44 bits per heavy atom. The SMILES string of the molecule is CCCCCCn1c(O)cn(-c2ccc(S(=O)(=O)Nc3ccc(CCNC[C@H](O)c4cccnc4)cc3)cc2)c1=O. The number of unbranched alkanes of at least 4 members (excludes halogenated alkanes) is 3. The highest BCUT2D eigenvalue weighted by Gasteiger charge is 2.16. The van der Waals surface area contributed by atoms with Crippen LogP contribution in [0.3, 0.4) is 0 Å². The predicted octanol–water partition coefficient (Wildman–Crippen LogP) is 3.99. The van der Waals surface area contributed by atoms with Gasteiger partial charge in [-0.2, -0.15) is 0 Å². The first kappa shape index (κ1) is 30.0. The lowest BCUT2D eigenvalue weighted by molar-refractivity contribution is 0.174. The van der Waals surface area contributed by atoms with Crippen LogP contribution in [0.25, 0.3) is 5.69 Å². The third-order valence-electron chi connectivity index (χ3n) is 6.82. The largest absolute Gasteiger partial charge is 0.493 e. The monoisotopic (exact) mass is 579 g/mol. The Balaban J connectivity index is 1.31. The van der Waals surface area contributed by atoms with Gasteiger partial charge in [0.05, 0.1) is 22.9 Å². The zero-order chi connectivity index (χ0) is 29.2. The van der Waals surface area contributed by atoms with E-state index in [0.717, 1.165) is 36.8 Å². The molecule has 0 fully saturated rings. The van der Waals surface area contributed by atoms with Crippen LogP contribution >= 0.6 is 0 Å². The Kier molecular flexibility index (Phi) is 10.3. The van der Waals surface area contributed by atoms with E-state index in [1.54, 1.807) is 30.6 Å². The van der Waals surface area contributed by atoms with E-state index in [1.807, 2.05) is 18.2 Å². The van der Waals surface area contributed by atoms with Gasteiger partial charge in [0.1, 0.15) is 0 Å². The van der Waals surface area contributed by atoms with Gasteiger partial charge in [-0.05, 0) is 67.4 Å². The second-order valence-electron chi connectivity index (χ2n) is 9.90. The molecule has 0 aliphatic rings. The van der Waals surface area contributed by atoms with Crippen molar-refractivity contribution in [2.45, 2.75) is 56.6 Å². The molecule has 4 rings (SSSR count). The van der Waals surface area contributed by atoms with Gasteiger partial charge in [0, 0.05) is 36.7 Å². The van der Waals surface area contributed by atoms with Crippen LogP contribution in [-0.2, 0) is 23.0 Å². The Morgan fingerprint density at radius 2 is 1.76 bits per heavy atom. The van der Waals surface area contributed by atoms with Crippen molar-refractivity contribution in [3.63, 3.8) is 0 Å². The summed E-state index contributed by atoms with van der Waals surface area (Å²) in [6, 6.07) is 16.7. The molecule has 4 N–H and O–H groups in total. The molecule has 4 aromatic rings. The van der Waals surface area contributed by atoms with Gasteiger partial charge < -0.3 is 15.5 Å².